The second-order valence-corrected chi connectivity index (χ2v) is 8.26. The maximum absolute atomic E-state index is 13.1. The van der Waals surface area contributed by atoms with Crippen LogP contribution in [0.5, 0.6) is 0 Å². The number of fused-ring (bicyclic) bond motifs is 1. The number of aryl methyl sites for hydroxylation is 1. The fourth-order valence-corrected chi connectivity index (χ4v) is 4.49. The van der Waals surface area contributed by atoms with Crippen LogP contribution < -0.4 is 17.0 Å². The van der Waals surface area contributed by atoms with Crippen molar-refractivity contribution in [2.45, 2.75) is 25.2 Å². The van der Waals surface area contributed by atoms with Crippen molar-refractivity contribution >= 4 is 34.4 Å². The lowest BCUT2D eigenvalue weighted by molar-refractivity contribution is 0.102. The molecule has 0 unspecified atom stereocenters. The second-order valence-electron chi connectivity index (χ2n) is 7.32. The number of Topliss-reactive ketones (excluding diaryl/α,β-unsaturated/α-hetero) is 1. The summed E-state index contributed by atoms with van der Waals surface area (Å²) in [6, 6.07) is 17.0. The van der Waals surface area contributed by atoms with E-state index in [1.54, 1.807) is 6.92 Å². The summed E-state index contributed by atoms with van der Waals surface area (Å²) in [4.78, 5) is 43.4. The van der Waals surface area contributed by atoms with Crippen LogP contribution in [-0.2, 0) is 20.1 Å². The minimum Gasteiger partial charge on any atom is -0.384 e. The first-order valence-corrected chi connectivity index (χ1v) is 11.2. The van der Waals surface area contributed by atoms with Crippen molar-refractivity contribution in [2.24, 2.45) is 7.05 Å². The third-order valence-electron chi connectivity index (χ3n) is 5.32. The van der Waals surface area contributed by atoms with Crippen molar-refractivity contribution in [3.8, 4) is 0 Å². The molecule has 9 heteroatoms. The summed E-state index contributed by atoms with van der Waals surface area (Å²) in [5.74, 6) is -0.568. The lowest BCUT2D eigenvalue weighted by atomic mass is 10.2. The molecule has 0 fully saturated rings. The van der Waals surface area contributed by atoms with E-state index in [1.165, 1.54) is 16.3 Å². The number of anilines is 1. The highest BCUT2D eigenvalue weighted by Gasteiger charge is 2.23. The number of nitrogens with zero attached hydrogens (tertiary/aromatic N) is 4. The Labute approximate surface area is 188 Å². The second kappa shape index (κ2) is 8.88. The SMILES string of the molecule is CCn1c(=O)c(C(=O)CSc2nc3ccccc3n2C)c(N)n(Cc2ccccc2)c1=O. The van der Waals surface area contributed by atoms with Gasteiger partial charge in [0.2, 0.25) is 0 Å². The van der Waals surface area contributed by atoms with Gasteiger partial charge in [-0.25, -0.2) is 9.78 Å². The number of imidazole rings is 1. The number of aromatic nitrogens is 4. The van der Waals surface area contributed by atoms with Crippen molar-refractivity contribution < 1.29 is 4.79 Å². The molecule has 0 aliphatic heterocycles. The Morgan fingerprint density at radius 3 is 2.41 bits per heavy atom. The quantitative estimate of drug-likeness (QED) is 0.343. The van der Waals surface area contributed by atoms with Gasteiger partial charge in [0, 0.05) is 13.6 Å². The van der Waals surface area contributed by atoms with Crippen LogP contribution in [0.15, 0.2) is 69.3 Å². The van der Waals surface area contributed by atoms with E-state index in [1.807, 2.05) is 66.2 Å². The van der Waals surface area contributed by atoms with Gasteiger partial charge < -0.3 is 10.3 Å². The predicted molar refractivity (Wildman–Crippen MR) is 126 cm³/mol. The summed E-state index contributed by atoms with van der Waals surface area (Å²) in [5, 5.41) is 0.659. The minimum absolute atomic E-state index is 0.0240. The lowest BCUT2D eigenvalue weighted by Gasteiger charge is -2.15. The molecule has 0 radical (unpaired) electrons. The minimum atomic E-state index is -0.657. The molecule has 0 aliphatic rings. The molecule has 2 aromatic heterocycles. The molecule has 2 N–H and O–H groups in total. The average Bonchev–Trinajstić information content (AvgIpc) is 3.12. The van der Waals surface area contributed by atoms with Crippen LogP contribution in [0.2, 0.25) is 0 Å². The van der Waals surface area contributed by atoms with Gasteiger partial charge >= 0.3 is 5.69 Å². The number of carbonyl (C=O) groups is 1. The number of nitrogen functional groups attached to an aromatic ring is 1. The Kier molecular flexibility index (Phi) is 6.00. The largest absolute Gasteiger partial charge is 0.384 e. The van der Waals surface area contributed by atoms with Crippen LogP contribution in [0.4, 0.5) is 5.82 Å². The number of nitrogens with two attached hydrogens (primary N) is 1. The number of para-hydroxylation sites is 2. The number of hydrogen-bond donors (Lipinski definition) is 1. The highest BCUT2D eigenvalue weighted by Crippen LogP contribution is 2.23. The third-order valence-corrected chi connectivity index (χ3v) is 6.35. The molecule has 4 aromatic rings. The van der Waals surface area contributed by atoms with Crippen LogP contribution in [0.25, 0.3) is 11.0 Å². The summed E-state index contributed by atoms with van der Waals surface area (Å²) in [7, 11) is 1.88. The maximum Gasteiger partial charge on any atom is 0.332 e. The number of hydrogen-bond acceptors (Lipinski definition) is 6. The van der Waals surface area contributed by atoms with E-state index in [-0.39, 0.29) is 30.2 Å². The molecule has 0 spiro atoms. The van der Waals surface area contributed by atoms with Gasteiger partial charge in [-0.3, -0.25) is 18.7 Å². The van der Waals surface area contributed by atoms with Crippen LogP contribution in [0.1, 0.15) is 22.8 Å². The molecule has 0 saturated carbocycles. The number of thioether (sulfide) groups is 1. The van der Waals surface area contributed by atoms with Gasteiger partial charge in [0.15, 0.2) is 10.9 Å². The normalized spacial score (nSPS) is 11.2. The number of ketones is 1. The molecule has 32 heavy (non-hydrogen) atoms. The van der Waals surface area contributed by atoms with Gasteiger partial charge in [-0.1, -0.05) is 54.2 Å². The van der Waals surface area contributed by atoms with E-state index < -0.39 is 17.0 Å². The van der Waals surface area contributed by atoms with E-state index in [2.05, 4.69) is 4.98 Å². The zero-order chi connectivity index (χ0) is 22.8. The predicted octanol–water partition coefficient (Wildman–Crippen LogP) is 2.52. The zero-order valence-corrected chi connectivity index (χ0v) is 18.6. The number of carbonyl (C=O) groups excluding carboxylic acids is 1. The van der Waals surface area contributed by atoms with Gasteiger partial charge in [0.05, 0.1) is 23.3 Å². The molecular formula is C23H23N5O3S. The molecule has 0 amide bonds. The van der Waals surface area contributed by atoms with Crippen LogP contribution in [0.3, 0.4) is 0 Å². The van der Waals surface area contributed by atoms with E-state index in [4.69, 9.17) is 5.73 Å². The first-order chi connectivity index (χ1) is 15.4. The monoisotopic (exact) mass is 449 g/mol. The van der Waals surface area contributed by atoms with Crippen molar-refractivity contribution in [2.75, 3.05) is 11.5 Å². The lowest BCUT2D eigenvalue weighted by Crippen LogP contribution is -2.44. The zero-order valence-electron chi connectivity index (χ0n) is 17.8. The average molecular weight is 450 g/mol. The van der Waals surface area contributed by atoms with Gasteiger partial charge in [-0.05, 0) is 24.6 Å². The topological polar surface area (TPSA) is 105 Å². The molecule has 2 heterocycles. The standard InChI is InChI=1S/C23H23N5O3S/c1-3-27-21(30)19(20(24)28(23(27)31)13-15-9-5-4-6-10-15)18(29)14-32-22-25-16-11-7-8-12-17(16)26(22)2/h4-12H,3,13-14,24H2,1-2H3. The molecule has 4 rings (SSSR count). The Bertz CT molecular complexity index is 1420. The van der Waals surface area contributed by atoms with E-state index in [0.29, 0.717) is 5.16 Å². The van der Waals surface area contributed by atoms with E-state index >= 15 is 0 Å². The van der Waals surface area contributed by atoms with Gasteiger partial charge in [0.1, 0.15) is 11.4 Å². The molecular weight excluding hydrogens is 426 g/mol. The summed E-state index contributed by atoms with van der Waals surface area (Å²) < 4.78 is 4.23. The summed E-state index contributed by atoms with van der Waals surface area (Å²) in [6.07, 6.45) is 0. The summed E-state index contributed by atoms with van der Waals surface area (Å²) in [6.45, 7) is 2.00. The van der Waals surface area contributed by atoms with Crippen molar-refractivity contribution in [3.63, 3.8) is 0 Å². The Hall–Kier alpha value is -3.59. The number of benzene rings is 2. The van der Waals surface area contributed by atoms with Gasteiger partial charge in [-0.2, -0.15) is 0 Å². The first kappa shape index (κ1) is 21.6. The molecule has 0 saturated heterocycles. The number of rotatable bonds is 7. The first-order valence-electron chi connectivity index (χ1n) is 10.2. The van der Waals surface area contributed by atoms with Crippen LogP contribution in [0, 0.1) is 0 Å². The summed E-state index contributed by atoms with van der Waals surface area (Å²) >= 11 is 1.23. The Morgan fingerprint density at radius 2 is 1.72 bits per heavy atom. The Balaban J connectivity index is 1.69. The van der Waals surface area contributed by atoms with E-state index in [0.717, 1.165) is 21.2 Å². The van der Waals surface area contributed by atoms with Gasteiger partial charge in [-0.15, -0.1) is 0 Å². The van der Waals surface area contributed by atoms with Crippen LogP contribution in [-0.4, -0.2) is 30.2 Å². The summed E-state index contributed by atoms with van der Waals surface area (Å²) in [5.41, 5.74) is 7.49. The van der Waals surface area contributed by atoms with Crippen molar-refractivity contribution in [1.82, 2.24) is 18.7 Å². The molecule has 0 atom stereocenters. The molecule has 164 valence electrons. The Morgan fingerprint density at radius 1 is 1.03 bits per heavy atom. The van der Waals surface area contributed by atoms with Crippen molar-refractivity contribution in [3.05, 3.63) is 86.6 Å². The molecule has 0 bridgehead atoms. The van der Waals surface area contributed by atoms with Crippen molar-refractivity contribution in [1.29, 1.82) is 0 Å². The maximum atomic E-state index is 13.1. The van der Waals surface area contributed by atoms with Gasteiger partial charge in [0.25, 0.3) is 5.56 Å². The fraction of sp³-hybridized carbons (Fsp3) is 0.217. The molecule has 0 aliphatic carbocycles. The third kappa shape index (κ3) is 3.87. The van der Waals surface area contributed by atoms with E-state index in [9.17, 15) is 14.4 Å². The fourth-order valence-electron chi connectivity index (χ4n) is 3.63. The highest BCUT2D eigenvalue weighted by atomic mass is 32.2. The molecule has 2 aromatic carbocycles. The molecule has 8 nitrogen and oxygen atoms in total. The highest BCUT2D eigenvalue weighted by molar-refractivity contribution is 7.99. The van der Waals surface area contributed by atoms with Crippen LogP contribution >= 0.6 is 11.8 Å². The smallest absolute Gasteiger partial charge is 0.332 e.